The van der Waals surface area contributed by atoms with Crippen molar-refractivity contribution in [2.45, 2.75) is 0 Å². The summed E-state index contributed by atoms with van der Waals surface area (Å²) in [5, 5.41) is 18.6. The van der Waals surface area contributed by atoms with E-state index in [0.717, 1.165) is 5.69 Å². The summed E-state index contributed by atoms with van der Waals surface area (Å²) in [6, 6.07) is 9.63. The normalized spacial score (nSPS) is 10.2. The minimum atomic E-state index is -0.229. The van der Waals surface area contributed by atoms with E-state index in [2.05, 4.69) is 5.32 Å². The molecule has 0 amide bonds. The molecule has 68 valence electrons. The molecule has 0 fully saturated rings. The van der Waals surface area contributed by atoms with Crippen molar-refractivity contribution in [1.82, 2.24) is 0 Å². The minimum absolute atomic E-state index is 0.184. The second kappa shape index (κ2) is 5.11. The quantitative estimate of drug-likeness (QED) is 0.610. The van der Waals surface area contributed by atoms with Gasteiger partial charge in [-0.25, -0.2) is 0 Å². The summed E-state index contributed by atoms with van der Waals surface area (Å²) in [6.07, 6.45) is 3.15. The van der Waals surface area contributed by atoms with Crippen LogP contribution in [0, 0.1) is 5.41 Å². The van der Waals surface area contributed by atoms with Crippen molar-refractivity contribution in [2.24, 2.45) is 0 Å². The molecule has 0 spiro atoms. The van der Waals surface area contributed by atoms with E-state index in [1.54, 1.807) is 6.20 Å². The van der Waals surface area contributed by atoms with Gasteiger partial charge >= 0.3 is 0 Å². The Labute approximate surface area is 77.2 Å². The molecule has 3 N–H and O–H groups in total. The molecule has 0 saturated heterocycles. The predicted octanol–water partition coefficient (Wildman–Crippen LogP) is 1.62. The molecule has 1 aromatic rings. The van der Waals surface area contributed by atoms with Crippen molar-refractivity contribution in [2.75, 3.05) is 11.9 Å². The number of rotatable bonds is 4. The summed E-state index contributed by atoms with van der Waals surface area (Å²) in [5.41, 5.74) is 1.15. The van der Waals surface area contributed by atoms with Gasteiger partial charge in [0.05, 0.1) is 12.3 Å². The molecule has 13 heavy (non-hydrogen) atoms. The first-order chi connectivity index (χ1) is 6.33. The van der Waals surface area contributed by atoms with E-state index in [-0.39, 0.29) is 12.3 Å². The number of hydrogen-bond acceptors (Lipinski definition) is 3. The van der Waals surface area contributed by atoms with Gasteiger partial charge in [-0.1, -0.05) is 18.2 Å². The topological polar surface area (TPSA) is 56.1 Å². The first kappa shape index (κ1) is 9.48. The fraction of sp³-hybridized carbons (Fsp3) is 0.100. The van der Waals surface area contributed by atoms with Crippen LogP contribution in [0.3, 0.4) is 0 Å². The predicted molar refractivity (Wildman–Crippen MR) is 54.0 cm³/mol. The molecule has 1 aromatic carbocycles. The van der Waals surface area contributed by atoms with Crippen LogP contribution in [-0.4, -0.2) is 17.4 Å². The Hall–Kier alpha value is -1.61. The van der Waals surface area contributed by atoms with Gasteiger partial charge in [0, 0.05) is 11.9 Å². The third-order valence-electron chi connectivity index (χ3n) is 1.48. The maximum atomic E-state index is 8.53. The third kappa shape index (κ3) is 3.53. The second-order valence-electron chi connectivity index (χ2n) is 2.53. The van der Waals surface area contributed by atoms with Crippen molar-refractivity contribution >= 4 is 11.4 Å². The monoisotopic (exact) mass is 176 g/mol. The van der Waals surface area contributed by atoms with E-state index in [1.807, 2.05) is 30.3 Å². The zero-order valence-electron chi connectivity index (χ0n) is 7.20. The van der Waals surface area contributed by atoms with Crippen LogP contribution >= 0.6 is 0 Å². The molecule has 0 radical (unpaired) electrons. The maximum Gasteiger partial charge on any atom is 0.0846 e. The Balaban J connectivity index is 2.44. The SMILES string of the molecule is N=C(/C=C\Nc1ccccc1)CO. The highest BCUT2D eigenvalue weighted by Crippen LogP contribution is 2.03. The smallest absolute Gasteiger partial charge is 0.0846 e. The molecule has 0 aliphatic heterocycles. The van der Waals surface area contributed by atoms with Crippen LogP contribution in [0.5, 0.6) is 0 Å². The Morgan fingerprint density at radius 1 is 1.38 bits per heavy atom. The molecule has 0 atom stereocenters. The van der Waals surface area contributed by atoms with Crippen molar-refractivity contribution in [1.29, 1.82) is 5.41 Å². The summed E-state index contributed by atoms with van der Waals surface area (Å²) >= 11 is 0. The molecule has 0 unspecified atom stereocenters. The first-order valence-electron chi connectivity index (χ1n) is 3.99. The maximum absolute atomic E-state index is 8.53. The highest BCUT2D eigenvalue weighted by Gasteiger charge is 1.86. The molecule has 3 nitrogen and oxygen atoms in total. The van der Waals surface area contributed by atoms with E-state index in [1.165, 1.54) is 6.08 Å². The summed E-state index contributed by atoms with van der Waals surface area (Å²) in [5.74, 6) is 0. The highest BCUT2D eigenvalue weighted by atomic mass is 16.3. The molecule has 0 bridgehead atoms. The van der Waals surface area contributed by atoms with Crippen molar-refractivity contribution < 1.29 is 5.11 Å². The van der Waals surface area contributed by atoms with Gasteiger partial charge in [0.1, 0.15) is 0 Å². The van der Waals surface area contributed by atoms with E-state index in [9.17, 15) is 0 Å². The number of benzene rings is 1. The lowest BCUT2D eigenvalue weighted by Crippen LogP contribution is -1.98. The van der Waals surface area contributed by atoms with Gasteiger partial charge in [-0.2, -0.15) is 0 Å². The van der Waals surface area contributed by atoms with Gasteiger partial charge in [-0.3, -0.25) is 0 Å². The highest BCUT2D eigenvalue weighted by molar-refractivity contribution is 5.93. The molecular weight excluding hydrogens is 164 g/mol. The Bertz CT molecular complexity index is 293. The van der Waals surface area contributed by atoms with Crippen molar-refractivity contribution in [3.8, 4) is 0 Å². The van der Waals surface area contributed by atoms with Crippen molar-refractivity contribution in [3.05, 3.63) is 42.6 Å². The zero-order valence-corrected chi connectivity index (χ0v) is 7.20. The molecule has 0 aromatic heterocycles. The molecular formula is C10H12N2O. The lowest BCUT2D eigenvalue weighted by molar-refractivity contribution is 0.357. The number of para-hydroxylation sites is 1. The fourth-order valence-electron chi connectivity index (χ4n) is 0.826. The van der Waals surface area contributed by atoms with E-state index < -0.39 is 0 Å². The van der Waals surface area contributed by atoms with Crippen LogP contribution in [0.4, 0.5) is 5.69 Å². The van der Waals surface area contributed by atoms with E-state index >= 15 is 0 Å². The van der Waals surface area contributed by atoms with Crippen molar-refractivity contribution in [3.63, 3.8) is 0 Å². The standard InChI is InChI=1S/C10H12N2O/c11-9(8-13)6-7-12-10-4-2-1-3-5-10/h1-7,11-13H,8H2/b7-6-,11-9?. The average Bonchev–Trinajstić information content (AvgIpc) is 2.19. The summed E-state index contributed by atoms with van der Waals surface area (Å²) < 4.78 is 0. The molecule has 0 aliphatic carbocycles. The molecule has 1 rings (SSSR count). The van der Waals surface area contributed by atoms with Crippen LogP contribution in [0.15, 0.2) is 42.6 Å². The van der Waals surface area contributed by atoms with Crippen LogP contribution in [0.25, 0.3) is 0 Å². The van der Waals surface area contributed by atoms with Crippen LogP contribution < -0.4 is 5.32 Å². The fourth-order valence-corrected chi connectivity index (χ4v) is 0.826. The Morgan fingerprint density at radius 3 is 2.69 bits per heavy atom. The lowest BCUT2D eigenvalue weighted by Gasteiger charge is -1.98. The number of hydrogen-bond donors (Lipinski definition) is 3. The number of nitrogens with one attached hydrogen (secondary N) is 2. The van der Waals surface area contributed by atoms with E-state index in [0.29, 0.717) is 0 Å². The van der Waals surface area contributed by atoms with E-state index in [4.69, 9.17) is 10.5 Å². The number of aliphatic hydroxyl groups is 1. The van der Waals surface area contributed by atoms with Gasteiger partial charge in [-0.15, -0.1) is 0 Å². The molecule has 3 heteroatoms. The van der Waals surface area contributed by atoms with Crippen LogP contribution in [0.2, 0.25) is 0 Å². The largest absolute Gasteiger partial charge is 0.390 e. The van der Waals surface area contributed by atoms with Crippen LogP contribution in [-0.2, 0) is 0 Å². The molecule has 0 aliphatic rings. The summed E-state index contributed by atoms with van der Waals surface area (Å²) in [6.45, 7) is -0.229. The van der Waals surface area contributed by atoms with Gasteiger partial charge in [-0.05, 0) is 18.2 Å². The Kier molecular flexibility index (Phi) is 3.73. The van der Waals surface area contributed by atoms with Gasteiger partial charge in [0.2, 0.25) is 0 Å². The lowest BCUT2D eigenvalue weighted by atomic mass is 10.3. The van der Waals surface area contributed by atoms with Crippen LogP contribution in [0.1, 0.15) is 0 Å². The number of aliphatic hydroxyl groups excluding tert-OH is 1. The summed E-state index contributed by atoms with van der Waals surface area (Å²) in [4.78, 5) is 0. The molecule has 0 saturated carbocycles. The first-order valence-corrected chi connectivity index (χ1v) is 3.99. The number of anilines is 1. The van der Waals surface area contributed by atoms with Gasteiger partial charge in [0.15, 0.2) is 0 Å². The zero-order chi connectivity index (χ0) is 9.52. The van der Waals surface area contributed by atoms with Gasteiger partial charge in [0.25, 0.3) is 0 Å². The average molecular weight is 176 g/mol. The minimum Gasteiger partial charge on any atom is -0.390 e. The Morgan fingerprint density at radius 2 is 2.08 bits per heavy atom. The third-order valence-corrected chi connectivity index (χ3v) is 1.48. The molecule has 0 heterocycles. The summed E-state index contributed by atoms with van der Waals surface area (Å²) in [7, 11) is 0. The second-order valence-corrected chi connectivity index (χ2v) is 2.53. The van der Waals surface area contributed by atoms with Gasteiger partial charge < -0.3 is 15.8 Å².